The molecular weight excluding hydrogens is 439 g/mol. The van der Waals surface area contributed by atoms with Crippen molar-refractivity contribution >= 4 is 11.7 Å². The van der Waals surface area contributed by atoms with E-state index in [-0.39, 0.29) is 36.4 Å². The first-order valence-electron chi connectivity index (χ1n) is 11.1. The van der Waals surface area contributed by atoms with E-state index >= 15 is 0 Å². The monoisotopic (exact) mass is 464 g/mol. The van der Waals surface area contributed by atoms with Crippen molar-refractivity contribution in [3.63, 3.8) is 0 Å². The van der Waals surface area contributed by atoms with Crippen molar-refractivity contribution in [3.8, 4) is 5.75 Å². The molecule has 0 spiro atoms. The Morgan fingerprint density at radius 3 is 2.59 bits per heavy atom. The Morgan fingerprint density at radius 2 is 1.85 bits per heavy atom. The summed E-state index contributed by atoms with van der Waals surface area (Å²) in [5, 5.41) is 12.8. The van der Waals surface area contributed by atoms with E-state index in [0.717, 1.165) is 12.8 Å². The second kappa shape index (κ2) is 10.4. The van der Waals surface area contributed by atoms with Gasteiger partial charge in [0.05, 0.1) is 12.6 Å². The van der Waals surface area contributed by atoms with Gasteiger partial charge in [-0.05, 0) is 37.1 Å². The average molecular weight is 464 g/mol. The molecule has 1 amide bonds. The molecule has 0 saturated carbocycles. The second-order valence-electron chi connectivity index (χ2n) is 8.23. The molecule has 1 aromatic heterocycles. The van der Waals surface area contributed by atoms with Crippen molar-refractivity contribution in [1.82, 2.24) is 20.2 Å². The standard InChI is InChI=1S/C25H25FN4O4/c26-18-11-9-16(10-12-18)14-27-24(33)21-22(32)25(34)29-23(28-21)19-8-4-5-13-30(19)15-20(31)17-6-2-1-3-7-17/h1-3,6-7,9-12,19,32H,4-5,8,13-15H2,(H,27,33)(H,28,29,34). The van der Waals surface area contributed by atoms with E-state index in [4.69, 9.17) is 0 Å². The third-order valence-electron chi connectivity index (χ3n) is 5.87. The molecule has 9 heteroatoms. The predicted octanol–water partition coefficient (Wildman–Crippen LogP) is 2.95. The van der Waals surface area contributed by atoms with Crippen LogP contribution in [-0.2, 0) is 6.54 Å². The molecule has 1 fully saturated rings. The lowest BCUT2D eigenvalue weighted by atomic mass is 10.00. The third-order valence-corrected chi connectivity index (χ3v) is 5.87. The maximum atomic E-state index is 13.1. The molecule has 1 unspecified atom stereocenters. The quantitative estimate of drug-likeness (QED) is 0.463. The third kappa shape index (κ3) is 5.37. The van der Waals surface area contributed by atoms with Crippen LogP contribution in [0.4, 0.5) is 4.39 Å². The van der Waals surface area contributed by atoms with Gasteiger partial charge in [-0.1, -0.05) is 48.9 Å². The molecule has 1 aliphatic rings. The zero-order valence-electron chi connectivity index (χ0n) is 18.5. The Hall–Kier alpha value is -3.85. The van der Waals surface area contributed by atoms with Gasteiger partial charge in [0, 0.05) is 12.1 Å². The smallest absolute Gasteiger partial charge is 0.293 e. The predicted molar refractivity (Wildman–Crippen MR) is 123 cm³/mol. The Morgan fingerprint density at radius 1 is 1.12 bits per heavy atom. The molecule has 0 bridgehead atoms. The van der Waals surface area contributed by atoms with E-state index in [1.807, 2.05) is 11.0 Å². The number of benzene rings is 2. The van der Waals surface area contributed by atoms with Gasteiger partial charge in [0.1, 0.15) is 11.6 Å². The van der Waals surface area contributed by atoms with Crippen molar-refractivity contribution in [2.45, 2.75) is 31.8 Å². The van der Waals surface area contributed by atoms with E-state index < -0.39 is 23.0 Å². The molecule has 3 aromatic rings. The number of carbonyl (C=O) groups is 2. The number of hydrogen-bond acceptors (Lipinski definition) is 6. The number of aromatic nitrogens is 2. The first-order chi connectivity index (χ1) is 16.4. The summed E-state index contributed by atoms with van der Waals surface area (Å²) in [5.41, 5.74) is 0.0367. The Balaban J connectivity index is 1.54. The summed E-state index contributed by atoms with van der Waals surface area (Å²) in [6.45, 7) is 0.856. The topological polar surface area (TPSA) is 115 Å². The van der Waals surface area contributed by atoms with Gasteiger partial charge in [0.2, 0.25) is 5.75 Å². The number of ketones is 1. The maximum absolute atomic E-state index is 13.1. The molecule has 1 aliphatic heterocycles. The minimum Gasteiger partial charge on any atom is -0.501 e. The van der Waals surface area contributed by atoms with Gasteiger partial charge in [-0.25, -0.2) is 9.37 Å². The van der Waals surface area contributed by atoms with E-state index in [0.29, 0.717) is 24.1 Å². The van der Waals surface area contributed by atoms with E-state index in [1.165, 1.54) is 24.3 Å². The van der Waals surface area contributed by atoms with Gasteiger partial charge < -0.3 is 15.4 Å². The average Bonchev–Trinajstić information content (AvgIpc) is 2.86. The molecule has 4 rings (SSSR count). The molecule has 1 atom stereocenters. The zero-order valence-corrected chi connectivity index (χ0v) is 18.5. The normalized spacial score (nSPS) is 16.2. The number of likely N-dealkylation sites (tertiary alicyclic amines) is 1. The van der Waals surface area contributed by atoms with Gasteiger partial charge >= 0.3 is 0 Å². The van der Waals surface area contributed by atoms with Crippen LogP contribution in [-0.4, -0.2) is 44.8 Å². The summed E-state index contributed by atoms with van der Waals surface area (Å²) < 4.78 is 13.1. The molecule has 8 nitrogen and oxygen atoms in total. The summed E-state index contributed by atoms with van der Waals surface area (Å²) in [6.07, 6.45) is 2.41. The number of H-pyrrole nitrogens is 1. The fraction of sp³-hybridized carbons (Fsp3) is 0.280. The number of nitrogens with one attached hydrogen (secondary N) is 2. The first kappa shape index (κ1) is 23.3. The lowest BCUT2D eigenvalue weighted by Gasteiger charge is -2.34. The van der Waals surface area contributed by atoms with Crippen LogP contribution in [0.2, 0.25) is 0 Å². The Kier molecular flexibility index (Phi) is 7.12. The van der Waals surface area contributed by atoms with Crippen LogP contribution in [0, 0.1) is 5.82 Å². The van der Waals surface area contributed by atoms with Gasteiger partial charge in [0.25, 0.3) is 11.5 Å². The number of amides is 1. The highest BCUT2D eigenvalue weighted by atomic mass is 19.1. The van der Waals surface area contributed by atoms with E-state index in [9.17, 15) is 23.9 Å². The van der Waals surface area contributed by atoms with Crippen LogP contribution in [0.25, 0.3) is 0 Å². The van der Waals surface area contributed by atoms with Gasteiger partial charge in [-0.3, -0.25) is 19.3 Å². The summed E-state index contributed by atoms with van der Waals surface area (Å²) in [6, 6.07) is 14.2. The van der Waals surface area contributed by atoms with Crippen LogP contribution in [0.1, 0.15) is 57.5 Å². The fourth-order valence-electron chi connectivity index (χ4n) is 4.06. The minimum atomic E-state index is -0.822. The van der Waals surface area contributed by atoms with Crippen LogP contribution >= 0.6 is 0 Å². The van der Waals surface area contributed by atoms with Gasteiger partial charge in [0.15, 0.2) is 11.5 Å². The lowest BCUT2D eigenvalue weighted by molar-refractivity contribution is 0.0828. The number of nitrogens with zero attached hydrogens (tertiary/aromatic N) is 2. The number of halogens is 1. The summed E-state index contributed by atoms with van der Waals surface area (Å²) in [7, 11) is 0. The van der Waals surface area contributed by atoms with Gasteiger partial charge in [-0.2, -0.15) is 0 Å². The van der Waals surface area contributed by atoms with E-state index in [2.05, 4.69) is 15.3 Å². The van der Waals surface area contributed by atoms with Crippen LogP contribution in [0.5, 0.6) is 5.75 Å². The number of carbonyl (C=O) groups excluding carboxylic acids is 2. The van der Waals surface area contributed by atoms with Gasteiger partial charge in [-0.15, -0.1) is 0 Å². The maximum Gasteiger partial charge on any atom is 0.293 e. The van der Waals surface area contributed by atoms with Crippen molar-refractivity contribution < 1.29 is 19.1 Å². The number of rotatable bonds is 7. The molecule has 0 aliphatic carbocycles. The minimum absolute atomic E-state index is 0.0501. The SMILES string of the molecule is O=C(CN1CCCCC1c1nc(C(=O)NCc2ccc(F)cc2)c(O)c(=O)[nH]1)c1ccccc1. The Labute approximate surface area is 195 Å². The van der Waals surface area contributed by atoms with Crippen LogP contribution in [0.3, 0.4) is 0 Å². The zero-order chi connectivity index (χ0) is 24.1. The highest BCUT2D eigenvalue weighted by Crippen LogP contribution is 2.29. The number of aromatic amines is 1. The molecule has 2 aromatic carbocycles. The molecule has 2 heterocycles. The van der Waals surface area contributed by atoms with E-state index in [1.54, 1.807) is 24.3 Å². The van der Waals surface area contributed by atoms with Crippen molar-refractivity contribution in [1.29, 1.82) is 0 Å². The number of hydrogen-bond donors (Lipinski definition) is 3. The fourth-order valence-corrected chi connectivity index (χ4v) is 4.06. The molecule has 3 N–H and O–H groups in total. The van der Waals surface area contributed by atoms with Crippen molar-refractivity contribution in [2.75, 3.05) is 13.1 Å². The first-order valence-corrected chi connectivity index (χ1v) is 11.1. The number of piperidine rings is 1. The second-order valence-corrected chi connectivity index (χ2v) is 8.23. The molecule has 1 saturated heterocycles. The van der Waals surface area contributed by atoms with Crippen LogP contribution in [0.15, 0.2) is 59.4 Å². The van der Waals surface area contributed by atoms with Crippen LogP contribution < -0.4 is 10.9 Å². The molecule has 34 heavy (non-hydrogen) atoms. The summed E-state index contributed by atoms with van der Waals surface area (Å²) in [5.74, 6) is -1.71. The van der Waals surface area contributed by atoms with Crippen molar-refractivity contribution in [3.05, 3.63) is 93.4 Å². The molecular formula is C25H25FN4O4. The number of aromatic hydroxyl groups is 1. The largest absolute Gasteiger partial charge is 0.501 e. The lowest BCUT2D eigenvalue weighted by Crippen LogP contribution is -2.39. The van der Waals surface area contributed by atoms with Crippen molar-refractivity contribution in [2.24, 2.45) is 0 Å². The molecule has 0 radical (unpaired) electrons. The molecule has 176 valence electrons. The summed E-state index contributed by atoms with van der Waals surface area (Å²) in [4.78, 5) is 46.7. The highest BCUT2D eigenvalue weighted by Gasteiger charge is 2.30. The number of Topliss-reactive ketones (excluding diaryl/α,β-unsaturated/α-hetero) is 1. The Bertz CT molecular complexity index is 1230. The highest BCUT2D eigenvalue weighted by molar-refractivity contribution is 5.97. The summed E-state index contributed by atoms with van der Waals surface area (Å²) >= 11 is 0.